The zero-order chi connectivity index (χ0) is 17.5. The van der Waals surface area contributed by atoms with Gasteiger partial charge in [0, 0.05) is 25.7 Å². The Hall–Kier alpha value is -2.14. The van der Waals surface area contributed by atoms with E-state index >= 15 is 0 Å². The molecule has 0 bridgehead atoms. The molecule has 134 valence electrons. The summed E-state index contributed by atoms with van der Waals surface area (Å²) in [6, 6.07) is 9.89. The van der Waals surface area contributed by atoms with Crippen molar-refractivity contribution in [1.82, 2.24) is 15.2 Å². The van der Waals surface area contributed by atoms with Gasteiger partial charge in [0.05, 0.1) is 12.2 Å². The molecule has 3 rings (SSSR count). The van der Waals surface area contributed by atoms with Crippen LogP contribution in [0.2, 0.25) is 0 Å². The van der Waals surface area contributed by atoms with Crippen molar-refractivity contribution in [2.75, 3.05) is 13.1 Å². The van der Waals surface area contributed by atoms with Gasteiger partial charge in [-0.1, -0.05) is 6.07 Å². The lowest BCUT2D eigenvalue weighted by molar-refractivity contribution is -0.121. The number of furan rings is 1. The minimum Gasteiger partial charge on any atom is -0.465 e. The molecule has 0 aromatic carbocycles. The van der Waals surface area contributed by atoms with Gasteiger partial charge in [0.2, 0.25) is 5.91 Å². The maximum absolute atomic E-state index is 12.1. The number of nitrogens with one attached hydrogen (secondary N) is 1. The van der Waals surface area contributed by atoms with Crippen LogP contribution in [0.25, 0.3) is 0 Å². The Morgan fingerprint density at radius 3 is 3.04 bits per heavy atom. The fourth-order valence-electron chi connectivity index (χ4n) is 3.44. The molecule has 0 saturated carbocycles. The van der Waals surface area contributed by atoms with Crippen LogP contribution in [0.5, 0.6) is 0 Å². The molecular formula is C20H27N3O2. The summed E-state index contributed by atoms with van der Waals surface area (Å²) in [5.74, 6) is 2.38. The summed E-state index contributed by atoms with van der Waals surface area (Å²) in [7, 11) is 0. The first-order valence-corrected chi connectivity index (χ1v) is 9.13. The molecule has 0 aliphatic carbocycles. The van der Waals surface area contributed by atoms with Crippen molar-refractivity contribution in [3.63, 3.8) is 0 Å². The Morgan fingerprint density at radius 2 is 2.28 bits per heavy atom. The second-order valence-corrected chi connectivity index (χ2v) is 6.89. The Labute approximate surface area is 149 Å². The Kier molecular flexibility index (Phi) is 6.23. The number of likely N-dealkylation sites (tertiary alicyclic amines) is 1. The predicted octanol–water partition coefficient (Wildman–Crippen LogP) is 3.29. The smallest absolute Gasteiger partial charge is 0.220 e. The topological polar surface area (TPSA) is 58.4 Å². The lowest BCUT2D eigenvalue weighted by Gasteiger charge is -2.32. The molecule has 5 heteroatoms. The maximum atomic E-state index is 12.1. The van der Waals surface area contributed by atoms with E-state index in [1.54, 1.807) is 0 Å². The van der Waals surface area contributed by atoms with E-state index in [0.717, 1.165) is 43.3 Å². The van der Waals surface area contributed by atoms with Crippen LogP contribution < -0.4 is 5.32 Å². The number of carbonyl (C=O) groups excluding carboxylic acids is 1. The highest BCUT2D eigenvalue weighted by Crippen LogP contribution is 2.22. The number of nitrogens with zero attached hydrogens (tertiary/aromatic N) is 2. The van der Waals surface area contributed by atoms with E-state index in [1.807, 2.05) is 37.4 Å². The summed E-state index contributed by atoms with van der Waals surface area (Å²) in [5, 5.41) is 2.95. The van der Waals surface area contributed by atoms with Crippen LogP contribution in [0.15, 0.2) is 40.9 Å². The number of amides is 1. The molecule has 1 atom stereocenters. The van der Waals surface area contributed by atoms with Gasteiger partial charge in [-0.2, -0.15) is 0 Å². The van der Waals surface area contributed by atoms with Crippen molar-refractivity contribution in [3.05, 3.63) is 53.7 Å². The van der Waals surface area contributed by atoms with Crippen molar-refractivity contribution < 1.29 is 9.21 Å². The van der Waals surface area contributed by atoms with E-state index in [9.17, 15) is 4.79 Å². The standard InChI is InChI=1S/C20H27N3O2/c1-16-7-9-19(25-16)13-22-20(24)10-8-17-5-4-12-23(14-17)15-18-6-2-3-11-21-18/h2-3,6-7,9,11,17H,4-5,8,10,12-15H2,1H3,(H,22,24)/t17-/m1/s1. The molecule has 1 aliphatic rings. The molecule has 0 spiro atoms. The molecule has 1 N–H and O–H groups in total. The van der Waals surface area contributed by atoms with E-state index < -0.39 is 0 Å². The van der Waals surface area contributed by atoms with Crippen LogP contribution in [0, 0.1) is 12.8 Å². The molecule has 0 unspecified atom stereocenters. The molecule has 3 heterocycles. The van der Waals surface area contributed by atoms with Gasteiger partial charge in [0.25, 0.3) is 0 Å². The Morgan fingerprint density at radius 1 is 1.36 bits per heavy atom. The lowest BCUT2D eigenvalue weighted by atomic mass is 9.93. The van der Waals surface area contributed by atoms with Gasteiger partial charge in [-0.3, -0.25) is 14.7 Å². The quantitative estimate of drug-likeness (QED) is 0.839. The van der Waals surface area contributed by atoms with Crippen LogP contribution in [0.1, 0.15) is 42.9 Å². The summed E-state index contributed by atoms with van der Waals surface area (Å²) >= 11 is 0. The molecule has 25 heavy (non-hydrogen) atoms. The number of aryl methyl sites for hydroxylation is 1. The molecule has 0 radical (unpaired) electrons. The molecular weight excluding hydrogens is 314 g/mol. The van der Waals surface area contributed by atoms with Crippen molar-refractivity contribution in [1.29, 1.82) is 0 Å². The van der Waals surface area contributed by atoms with Gasteiger partial charge in [-0.05, 0) is 62.9 Å². The number of rotatable bonds is 7. The van der Waals surface area contributed by atoms with Crippen molar-refractivity contribution >= 4 is 5.91 Å². The van der Waals surface area contributed by atoms with E-state index in [1.165, 1.54) is 12.8 Å². The van der Waals surface area contributed by atoms with Crippen molar-refractivity contribution in [2.24, 2.45) is 5.92 Å². The minimum absolute atomic E-state index is 0.107. The normalized spacial score (nSPS) is 18.2. The summed E-state index contributed by atoms with van der Waals surface area (Å²) < 4.78 is 5.47. The van der Waals surface area contributed by atoms with Crippen LogP contribution >= 0.6 is 0 Å². The van der Waals surface area contributed by atoms with Crippen LogP contribution in [-0.4, -0.2) is 28.9 Å². The molecule has 1 fully saturated rings. The molecule has 2 aromatic heterocycles. The predicted molar refractivity (Wildman–Crippen MR) is 96.8 cm³/mol. The highest BCUT2D eigenvalue weighted by atomic mass is 16.3. The van der Waals surface area contributed by atoms with Gasteiger partial charge < -0.3 is 9.73 Å². The molecule has 2 aromatic rings. The largest absolute Gasteiger partial charge is 0.465 e. The molecule has 1 saturated heterocycles. The molecule has 1 aliphatic heterocycles. The van der Waals surface area contributed by atoms with Gasteiger partial charge >= 0.3 is 0 Å². The first-order chi connectivity index (χ1) is 12.2. The summed E-state index contributed by atoms with van der Waals surface area (Å²) in [5.41, 5.74) is 1.12. The fourth-order valence-corrected chi connectivity index (χ4v) is 3.44. The first-order valence-electron chi connectivity index (χ1n) is 9.13. The van der Waals surface area contributed by atoms with Gasteiger partial charge in [0.1, 0.15) is 11.5 Å². The third-order valence-corrected chi connectivity index (χ3v) is 4.75. The summed E-state index contributed by atoms with van der Waals surface area (Å²) in [6.07, 6.45) is 5.79. The number of piperidine rings is 1. The van der Waals surface area contributed by atoms with E-state index in [0.29, 0.717) is 18.9 Å². The average molecular weight is 341 g/mol. The highest BCUT2D eigenvalue weighted by molar-refractivity contribution is 5.75. The second kappa shape index (κ2) is 8.81. The first kappa shape index (κ1) is 17.7. The van der Waals surface area contributed by atoms with Crippen molar-refractivity contribution in [3.8, 4) is 0 Å². The van der Waals surface area contributed by atoms with Crippen LogP contribution in [0.3, 0.4) is 0 Å². The Bertz CT molecular complexity index is 669. The SMILES string of the molecule is Cc1ccc(CNC(=O)CC[C@H]2CCCN(Cc3ccccn3)C2)o1. The highest BCUT2D eigenvalue weighted by Gasteiger charge is 2.21. The second-order valence-electron chi connectivity index (χ2n) is 6.89. The number of hydrogen-bond donors (Lipinski definition) is 1. The molecule has 1 amide bonds. The Balaban J connectivity index is 1.38. The molecule has 5 nitrogen and oxygen atoms in total. The van der Waals surface area contributed by atoms with Gasteiger partial charge in [-0.25, -0.2) is 0 Å². The summed E-state index contributed by atoms with van der Waals surface area (Å²) in [6.45, 7) is 5.47. The van der Waals surface area contributed by atoms with E-state index in [2.05, 4.69) is 21.3 Å². The third-order valence-electron chi connectivity index (χ3n) is 4.75. The van der Waals surface area contributed by atoms with Crippen LogP contribution in [-0.2, 0) is 17.9 Å². The van der Waals surface area contributed by atoms with E-state index in [-0.39, 0.29) is 5.91 Å². The monoisotopic (exact) mass is 341 g/mol. The van der Waals surface area contributed by atoms with Gasteiger partial charge in [0.15, 0.2) is 0 Å². The maximum Gasteiger partial charge on any atom is 0.220 e. The average Bonchev–Trinajstić information content (AvgIpc) is 3.05. The van der Waals surface area contributed by atoms with Gasteiger partial charge in [-0.15, -0.1) is 0 Å². The zero-order valence-electron chi connectivity index (χ0n) is 14.9. The summed E-state index contributed by atoms with van der Waals surface area (Å²) in [4.78, 5) is 18.9. The minimum atomic E-state index is 0.107. The number of aromatic nitrogens is 1. The van der Waals surface area contributed by atoms with E-state index in [4.69, 9.17) is 4.42 Å². The van der Waals surface area contributed by atoms with Crippen molar-refractivity contribution in [2.45, 2.75) is 45.7 Å². The fraction of sp³-hybridized carbons (Fsp3) is 0.500. The lowest BCUT2D eigenvalue weighted by Crippen LogP contribution is -2.35. The zero-order valence-corrected chi connectivity index (χ0v) is 14.9. The number of hydrogen-bond acceptors (Lipinski definition) is 4. The van der Waals surface area contributed by atoms with Crippen LogP contribution in [0.4, 0.5) is 0 Å². The third kappa shape index (κ3) is 5.71. The number of carbonyl (C=O) groups is 1. The number of pyridine rings is 1.